The summed E-state index contributed by atoms with van der Waals surface area (Å²) in [7, 11) is 0. The van der Waals surface area contributed by atoms with E-state index in [1.165, 1.54) is 0 Å². The van der Waals surface area contributed by atoms with Crippen molar-refractivity contribution in [3.05, 3.63) is 0 Å². The Labute approximate surface area is 54.6 Å². The van der Waals surface area contributed by atoms with Gasteiger partial charge < -0.3 is 4.18 Å². The highest BCUT2D eigenvalue weighted by Gasteiger charge is 2.05. The number of halogens is 1. The molecule has 0 aromatic rings. The van der Waals surface area contributed by atoms with Gasteiger partial charge in [-0.25, -0.2) is 0 Å². The Morgan fingerprint density at radius 3 is 2.00 bits per heavy atom. The Balaban J connectivity index is 3.14. The van der Waals surface area contributed by atoms with Gasteiger partial charge in [0, 0.05) is 0 Å². The normalized spacial score (nSPS) is 18.9. The van der Waals surface area contributed by atoms with Crippen molar-refractivity contribution in [2.24, 2.45) is 0 Å². The van der Waals surface area contributed by atoms with Gasteiger partial charge in [0.1, 0.15) is 0 Å². The second kappa shape index (κ2) is 3.58. The molecule has 0 heterocycles. The van der Waals surface area contributed by atoms with Gasteiger partial charge in [-0.2, -0.15) is 0 Å². The Morgan fingerprint density at radius 1 is 1.57 bits per heavy atom. The lowest BCUT2D eigenvalue weighted by Crippen LogP contribution is -2.12. The van der Waals surface area contributed by atoms with Crippen molar-refractivity contribution in [2.45, 2.75) is 25.3 Å². The molecule has 7 heavy (non-hydrogen) atoms. The van der Waals surface area contributed by atoms with Crippen LogP contribution in [0.15, 0.2) is 0 Å². The molecule has 0 fully saturated rings. The van der Waals surface area contributed by atoms with E-state index in [2.05, 4.69) is 17.1 Å². The van der Waals surface area contributed by atoms with Crippen LogP contribution in [0, 0.1) is 0 Å². The van der Waals surface area contributed by atoms with Crippen molar-refractivity contribution >= 4 is 24.5 Å². The van der Waals surface area contributed by atoms with E-state index in [1.54, 1.807) is 0 Å². The molecule has 0 aromatic carbocycles. The molecule has 0 aliphatic carbocycles. The minimum atomic E-state index is 0.0324. The monoisotopic (exact) mass is 140 g/mol. The molecule has 0 amide bonds. The minimum absolute atomic E-state index is 0.0324. The van der Waals surface area contributed by atoms with E-state index in [0.717, 1.165) is 0 Å². The summed E-state index contributed by atoms with van der Waals surface area (Å²) in [6.07, 6.45) is 0.0324. The molecule has 3 heteroatoms. The van der Waals surface area contributed by atoms with Crippen LogP contribution < -0.4 is 0 Å². The molecule has 0 aromatic heterocycles. The zero-order valence-corrected chi connectivity index (χ0v) is 6.04. The fourth-order valence-electron chi connectivity index (χ4n) is 0.0839. The van der Waals surface area contributed by atoms with Crippen LogP contribution in [0.3, 0.4) is 0 Å². The number of rotatable bonds is 2. The Hall–Kier alpha value is 0.600. The van der Waals surface area contributed by atoms with Crippen LogP contribution in [0.5, 0.6) is 0 Å². The average molecular weight is 141 g/mol. The van der Waals surface area contributed by atoms with Gasteiger partial charge in [-0.1, -0.05) is 0 Å². The number of hydrogen-bond donors (Lipinski definition) is 1. The highest BCUT2D eigenvalue weighted by molar-refractivity contribution is 7.75. The van der Waals surface area contributed by atoms with Crippen LogP contribution in [-0.2, 0) is 4.18 Å². The van der Waals surface area contributed by atoms with Crippen LogP contribution in [0.2, 0.25) is 0 Å². The van der Waals surface area contributed by atoms with Crippen LogP contribution in [0.4, 0.5) is 0 Å². The quantitative estimate of drug-likeness (QED) is 0.350. The molecular formula is C4H9ClOS. The predicted molar refractivity (Wildman–Crippen MR) is 34.8 cm³/mol. The molecule has 0 radical (unpaired) electrons. The molecule has 0 rings (SSSR count). The summed E-state index contributed by atoms with van der Waals surface area (Å²) in [6, 6.07) is 0. The van der Waals surface area contributed by atoms with E-state index in [0.29, 0.717) is 0 Å². The maximum Gasteiger partial charge on any atom is 0.0851 e. The first-order valence-corrected chi connectivity index (χ1v) is 2.93. The molecule has 0 saturated heterocycles. The predicted octanol–water partition coefficient (Wildman–Crippen LogP) is 1.86. The first-order valence-electron chi connectivity index (χ1n) is 2.12. The number of hydrogen-bond acceptors (Lipinski definition) is 2. The molecule has 1 nitrogen and oxygen atoms in total. The van der Waals surface area contributed by atoms with Crippen molar-refractivity contribution in [1.82, 2.24) is 0 Å². The maximum atomic E-state index is 5.55. The fourth-order valence-corrected chi connectivity index (χ4v) is 0.390. The minimum Gasteiger partial charge on any atom is -0.314 e. The number of thiol groups is 1. The SMILES string of the molecule is CC(Cl)C(C)OS. The van der Waals surface area contributed by atoms with E-state index in [-0.39, 0.29) is 11.5 Å². The van der Waals surface area contributed by atoms with Crippen molar-refractivity contribution in [2.75, 3.05) is 0 Å². The Bertz CT molecular complexity index is 49.0. The van der Waals surface area contributed by atoms with Gasteiger partial charge in [0.05, 0.1) is 11.5 Å². The highest BCUT2D eigenvalue weighted by Crippen LogP contribution is 2.05. The van der Waals surface area contributed by atoms with Crippen molar-refractivity contribution < 1.29 is 4.18 Å². The van der Waals surface area contributed by atoms with Gasteiger partial charge in [-0.3, -0.25) is 0 Å². The molecule has 0 aliphatic heterocycles. The third-order valence-corrected chi connectivity index (χ3v) is 1.50. The maximum absolute atomic E-state index is 5.55. The van der Waals surface area contributed by atoms with Crippen LogP contribution in [-0.4, -0.2) is 11.5 Å². The molecule has 0 saturated carbocycles. The summed E-state index contributed by atoms with van der Waals surface area (Å²) in [5, 5.41) is 0.0394. The van der Waals surface area contributed by atoms with E-state index in [9.17, 15) is 0 Å². The zero-order chi connectivity index (χ0) is 5.86. The summed E-state index contributed by atoms with van der Waals surface area (Å²) in [5.41, 5.74) is 0. The lowest BCUT2D eigenvalue weighted by Gasteiger charge is -2.07. The first kappa shape index (κ1) is 7.60. The summed E-state index contributed by atoms with van der Waals surface area (Å²) >= 11 is 9.12. The van der Waals surface area contributed by atoms with Crippen molar-refractivity contribution in [3.63, 3.8) is 0 Å². The first-order chi connectivity index (χ1) is 3.18. The molecule has 0 bridgehead atoms. The lowest BCUT2D eigenvalue weighted by atomic mass is 10.3. The highest BCUT2D eigenvalue weighted by atomic mass is 35.5. The molecular weight excluding hydrogens is 132 g/mol. The van der Waals surface area contributed by atoms with Gasteiger partial charge in [0.25, 0.3) is 0 Å². The summed E-state index contributed by atoms with van der Waals surface area (Å²) in [5.74, 6) is 0. The average Bonchev–Trinajstić information content (AvgIpc) is 1.65. The van der Waals surface area contributed by atoms with E-state index >= 15 is 0 Å². The molecule has 0 aliphatic rings. The third-order valence-electron chi connectivity index (χ3n) is 0.813. The van der Waals surface area contributed by atoms with Crippen LogP contribution in [0.25, 0.3) is 0 Å². The smallest absolute Gasteiger partial charge is 0.0851 e. The Morgan fingerprint density at radius 2 is 2.00 bits per heavy atom. The molecule has 0 spiro atoms. The van der Waals surface area contributed by atoms with Gasteiger partial charge in [-0.15, -0.1) is 11.6 Å². The van der Waals surface area contributed by atoms with Gasteiger partial charge in [0.15, 0.2) is 0 Å². The second-order valence-electron chi connectivity index (χ2n) is 1.49. The molecule has 0 N–H and O–H groups in total. The topological polar surface area (TPSA) is 9.23 Å². The molecule has 2 unspecified atom stereocenters. The van der Waals surface area contributed by atoms with Gasteiger partial charge in [-0.05, 0) is 26.8 Å². The van der Waals surface area contributed by atoms with E-state index < -0.39 is 0 Å². The van der Waals surface area contributed by atoms with Crippen LogP contribution >= 0.6 is 24.5 Å². The molecule has 44 valence electrons. The van der Waals surface area contributed by atoms with E-state index in [4.69, 9.17) is 11.6 Å². The zero-order valence-electron chi connectivity index (χ0n) is 4.39. The lowest BCUT2D eigenvalue weighted by molar-refractivity contribution is 0.269. The van der Waals surface area contributed by atoms with Crippen molar-refractivity contribution in [1.29, 1.82) is 0 Å². The molecule has 2 atom stereocenters. The summed E-state index contributed by atoms with van der Waals surface area (Å²) in [4.78, 5) is 0. The Kier molecular flexibility index (Phi) is 3.89. The fraction of sp³-hybridized carbons (Fsp3) is 1.00. The van der Waals surface area contributed by atoms with E-state index in [1.807, 2.05) is 13.8 Å². The third kappa shape index (κ3) is 3.21. The van der Waals surface area contributed by atoms with Crippen LogP contribution in [0.1, 0.15) is 13.8 Å². The van der Waals surface area contributed by atoms with Crippen molar-refractivity contribution in [3.8, 4) is 0 Å². The summed E-state index contributed by atoms with van der Waals surface area (Å²) in [6.45, 7) is 3.73. The van der Waals surface area contributed by atoms with Gasteiger partial charge in [0.2, 0.25) is 0 Å². The standard InChI is InChI=1S/C4H9ClOS/c1-3(5)4(2)6-7/h3-4,7H,1-2H3. The second-order valence-corrected chi connectivity index (χ2v) is 2.39. The number of alkyl halides is 1. The largest absolute Gasteiger partial charge is 0.314 e. The van der Waals surface area contributed by atoms with Gasteiger partial charge >= 0.3 is 0 Å². The summed E-state index contributed by atoms with van der Waals surface area (Å²) < 4.78 is 4.57.